The standard InChI is InChI=1S/C26H22N2O3/c29-26(25(20-10-3-1-4-11-20)31-23-14-5-2-6-15-23)28-21-13-9-16-24(18-21)30-19-22-12-7-8-17-27-22/h1-18,25H,19H2,(H,28,29). The van der Waals surface area contributed by atoms with E-state index in [0.29, 0.717) is 23.8 Å². The van der Waals surface area contributed by atoms with Gasteiger partial charge >= 0.3 is 0 Å². The maximum absolute atomic E-state index is 13.1. The van der Waals surface area contributed by atoms with Crippen LogP contribution in [0.25, 0.3) is 0 Å². The van der Waals surface area contributed by atoms with Crippen LogP contribution in [0.15, 0.2) is 109 Å². The number of rotatable bonds is 8. The number of carbonyl (C=O) groups is 1. The summed E-state index contributed by atoms with van der Waals surface area (Å²) in [7, 11) is 0. The Balaban J connectivity index is 1.48. The molecule has 0 aliphatic carbocycles. The Bertz CT molecular complexity index is 1100. The Morgan fingerprint density at radius 3 is 2.26 bits per heavy atom. The highest BCUT2D eigenvalue weighted by Gasteiger charge is 2.23. The number of nitrogens with one attached hydrogen (secondary N) is 1. The lowest BCUT2D eigenvalue weighted by Crippen LogP contribution is -2.25. The lowest BCUT2D eigenvalue weighted by Gasteiger charge is -2.19. The highest BCUT2D eigenvalue weighted by atomic mass is 16.5. The van der Waals surface area contributed by atoms with Crippen molar-refractivity contribution >= 4 is 11.6 Å². The molecule has 154 valence electrons. The first kappa shape index (κ1) is 20.2. The number of hydrogen-bond donors (Lipinski definition) is 1. The number of hydrogen-bond acceptors (Lipinski definition) is 4. The molecule has 1 unspecified atom stereocenters. The molecule has 0 saturated heterocycles. The predicted molar refractivity (Wildman–Crippen MR) is 120 cm³/mol. The fraction of sp³-hybridized carbons (Fsp3) is 0.0769. The number of para-hydroxylation sites is 1. The lowest BCUT2D eigenvalue weighted by molar-refractivity contribution is -0.123. The molecule has 1 atom stereocenters. The minimum Gasteiger partial charge on any atom is -0.487 e. The number of pyridine rings is 1. The van der Waals surface area contributed by atoms with Crippen LogP contribution in [-0.4, -0.2) is 10.9 Å². The number of benzene rings is 3. The molecule has 4 aromatic rings. The zero-order valence-electron chi connectivity index (χ0n) is 16.8. The number of ether oxygens (including phenoxy) is 2. The molecule has 1 N–H and O–H groups in total. The molecule has 0 radical (unpaired) electrons. The quantitative estimate of drug-likeness (QED) is 0.421. The van der Waals surface area contributed by atoms with E-state index in [1.807, 2.05) is 97.1 Å². The summed E-state index contributed by atoms with van der Waals surface area (Å²) >= 11 is 0. The van der Waals surface area contributed by atoms with Crippen molar-refractivity contribution in [2.75, 3.05) is 5.32 Å². The molecule has 0 bridgehead atoms. The van der Waals surface area contributed by atoms with Crippen molar-refractivity contribution in [3.63, 3.8) is 0 Å². The summed E-state index contributed by atoms with van der Waals surface area (Å²) in [4.78, 5) is 17.4. The maximum atomic E-state index is 13.1. The molecule has 31 heavy (non-hydrogen) atoms. The Hall–Kier alpha value is -4.12. The minimum atomic E-state index is -0.790. The molecule has 0 saturated carbocycles. The first-order valence-electron chi connectivity index (χ1n) is 9.98. The van der Waals surface area contributed by atoms with Gasteiger partial charge in [0.1, 0.15) is 18.1 Å². The normalized spacial score (nSPS) is 11.4. The topological polar surface area (TPSA) is 60.5 Å². The van der Waals surface area contributed by atoms with E-state index in [9.17, 15) is 4.79 Å². The van der Waals surface area contributed by atoms with E-state index in [2.05, 4.69) is 10.3 Å². The van der Waals surface area contributed by atoms with Crippen LogP contribution in [0.3, 0.4) is 0 Å². The van der Waals surface area contributed by atoms with E-state index < -0.39 is 6.10 Å². The molecule has 1 amide bonds. The fourth-order valence-electron chi connectivity index (χ4n) is 3.05. The van der Waals surface area contributed by atoms with Gasteiger partial charge < -0.3 is 14.8 Å². The van der Waals surface area contributed by atoms with Crippen LogP contribution in [0, 0.1) is 0 Å². The molecule has 0 spiro atoms. The number of anilines is 1. The fourth-order valence-corrected chi connectivity index (χ4v) is 3.05. The largest absolute Gasteiger partial charge is 0.487 e. The van der Waals surface area contributed by atoms with Crippen LogP contribution in [0.5, 0.6) is 11.5 Å². The van der Waals surface area contributed by atoms with Crippen molar-refractivity contribution in [1.29, 1.82) is 0 Å². The zero-order chi connectivity index (χ0) is 21.3. The second kappa shape index (κ2) is 10.1. The van der Waals surface area contributed by atoms with Gasteiger partial charge in [0.05, 0.1) is 5.69 Å². The van der Waals surface area contributed by atoms with E-state index in [0.717, 1.165) is 11.3 Å². The summed E-state index contributed by atoms with van der Waals surface area (Å²) in [5.41, 5.74) is 2.23. The number of carbonyl (C=O) groups excluding carboxylic acids is 1. The Morgan fingerprint density at radius 1 is 0.806 bits per heavy atom. The van der Waals surface area contributed by atoms with Gasteiger partial charge in [-0.2, -0.15) is 0 Å². The smallest absolute Gasteiger partial charge is 0.270 e. The predicted octanol–water partition coefficient (Wildman–Crippen LogP) is 5.42. The van der Waals surface area contributed by atoms with Crippen LogP contribution in [0.4, 0.5) is 5.69 Å². The van der Waals surface area contributed by atoms with Crippen LogP contribution >= 0.6 is 0 Å². The molecule has 5 heteroatoms. The summed E-state index contributed by atoms with van der Waals surface area (Å²) < 4.78 is 11.8. The highest BCUT2D eigenvalue weighted by Crippen LogP contribution is 2.25. The van der Waals surface area contributed by atoms with Gasteiger partial charge in [-0.1, -0.05) is 60.7 Å². The Kier molecular flexibility index (Phi) is 6.55. The second-order valence-corrected chi connectivity index (χ2v) is 6.85. The minimum absolute atomic E-state index is 0.267. The third-order valence-electron chi connectivity index (χ3n) is 4.55. The molecule has 5 nitrogen and oxygen atoms in total. The van der Waals surface area contributed by atoms with Crippen LogP contribution in [0.1, 0.15) is 17.4 Å². The molecule has 3 aromatic carbocycles. The van der Waals surface area contributed by atoms with E-state index in [4.69, 9.17) is 9.47 Å². The van der Waals surface area contributed by atoms with Crippen LogP contribution in [0.2, 0.25) is 0 Å². The molecule has 4 rings (SSSR count). The van der Waals surface area contributed by atoms with Gasteiger partial charge in [-0.15, -0.1) is 0 Å². The van der Waals surface area contributed by atoms with Gasteiger partial charge in [0, 0.05) is 23.5 Å². The summed E-state index contributed by atoms with van der Waals surface area (Å²) in [5.74, 6) is 1.000. The third kappa shape index (κ3) is 5.70. The van der Waals surface area contributed by atoms with Crippen molar-refractivity contribution in [3.8, 4) is 11.5 Å². The van der Waals surface area contributed by atoms with Crippen molar-refractivity contribution in [2.45, 2.75) is 12.7 Å². The van der Waals surface area contributed by atoms with Crippen molar-refractivity contribution in [2.24, 2.45) is 0 Å². The molecule has 1 aromatic heterocycles. The second-order valence-electron chi connectivity index (χ2n) is 6.85. The van der Waals surface area contributed by atoms with E-state index >= 15 is 0 Å². The summed E-state index contributed by atoms with van der Waals surface area (Å²) in [6.45, 7) is 0.349. The summed E-state index contributed by atoms with van der Waals surface area (Å²) in [6, 6.07) is 31.7. The van der Waals surface area contributed by atoms with Crippen LogP contribution < -0.4 is 14.8 Å². The lowest BCUT2D eigenvalue weighted by atomic mass is 10.1. The molecular weight excluding hydrogens is 388 g/mol. The first-order chi connectivity index (χ1) is 15.3. The van der Waals surface area contributed by atoms with Crippen molar-refractivity contribution in [1.82, 2.24) is 4.98 Å². The molecule has 0 fully saturated rings. The van der Waals surface area contributed by atoms with Gasteiger partial charge in [-0.3, -0.25) is 9.78 Å². The first-order valence-corrected chi connectivity index (χ1v) is 9.98. The molecule has 0 aliphatic heterocycles. The number of amides is 1. The maximum Gasteiger partial charge on any atom is 0.270 e. The van der Waals surface area contributed by atoms with Crippen LogP contribution in [-0.2, 0) is 11.4 Å². The third-order valence-corrected chi connectivity index (χ3v) is 4.55. The van der Waals surface area contributed by atoms with E-state index in [-0.39, 0.29) is 5.91 Å². The Morgan fingerprint density at radius 2 is 1.52 bits per heavy atom. The van der Waals surface area contributed by atoms with Gasteiger partial charge in [0.15, 0.2) is 0 Å². The van der Waals surface area contributed by atoms with Crippen molar-refractivity contribution < 1.29 is 14.3 Å². The highest BCUT2D eigenvalue weighted by molar-refractivity contribution is 5.95. The summed E-state index contributed by atoms with van der Waals surface area (Å²) in [6.07, 6.45) is 0.938. The number of aromatic nitrogens is 1. The summed E-state index contributed by atoms with van der Waals surface area (Å²) in [5, 5.41) is 2.94. The number of nitrogens with zero attached hydrogens (tertiary/aromatic N) is 1. The zero-order valence-corrected chi connectivity index (χ0v) is 16.8. The average Bonchev–Trinajstić information content (AvgIpc) is 2.83. The van der Waals surface area contributed by atoms with Crippen molar-refractivity contribution in [3.05, 3.63) is 121 Å². The Labute approximate surface area is 181 Å². The SMILES string of the molecule is O=C(Nc1cccc(OCc2ccccn2)c1)C(Oc1ccccc1)c1ccccc1. The molecular formula is C26H22N2O3. The van der Waals surface area contributed by atoms with E-state index in [1.165, 1.54) is 0 Å². The van der Waals surface area contributed by atoms with Gasteiger partial charge in [0.2, 0.25) is 6.10 Å². The average molecular weight is 410 g/mol. The van der Waals surface area contributed by atoms with Gasteiger partial charge in [-0.25, -0.2) is 0 Å². The van der Waals surface area contributed by atoms with E-state index in [1.54, 1.807) is 12.3 Å². The monoisotopic (exact) mass is 410 g/mol. The molecule has 0 aliphatic rings. The van der Waals surface area contributed by atoms with Gasteiger partial charge in [0.25, 0.3) is 5.91 Å². The van der Waals surface area contributed by atoms with Gasteiger partial charge in [-0.05, 0) is 36.4 Å². The molecule has 1 heterocycles.